The summed E-state index contributed by atoms with van der Waals surface area (Å²) in [5.74, 6) is -8.45. The van der Waals surface area contributed by atoms with Crippen molar-refractivity contribution in [2.24, 2.45) is 4.99 Å². The van der Waals surface area contributed by atoms with Crippen LogP contribution in [0.2, 0.25) is 5.02 Å². The number of hydrogen-bond donors (Lipinski definition) is 2. The number of nitrogens with zero attached hydrogens (tertiary/aromatic N) is 1. The average Bonchev–Trinajstić information content (AvgIpc) is 2.93. The standard InChI is InChI=1S/C28H18ClF7N2O4S/c1-15-7-2-5-11-21(15)38-25(40)18-13-16-8-3-4-9-17(16)19(24(18)39)14-37-23-20(29)10-6-12-22(23)43(41,42)28(35,36)26(30,31)27(32,33)34/h2-14,39H,1H3,(H,38,40). The van der Waals surface area contributed by atoms with Crippen LogP contribution in [0.5, 0.6) is 5.75 Å². The Morgan fingerprint density at radius 3 is 2.21 bits per heavy atom. The van der Waals surface area contributed by atoms with Gasteiger partial charge in [0.25, 0.3) is 15.7 Å². The maximum absolute atomic E-state index is 14.4. The second-order valence-corrected chi connectivity index (χ2v) is 11.5. The number of nitrogens with one attached hydrogen (secondary N) is 1. The number of carbonyl (C=O) groups excluding carboxylic acids is 1. The number of alkyl halides is 7. The Bertz CT molecular complexity index is 1880. The molecule has 0 radical (unpaired) electrons. The first-order chi connectivity index (χ1) is 19.9. The number of amides is 1. The van der Waals surface area contributed by atoms with Crippen LogP contribution in [-0.4, -0.2) is 43.0 Å². The monoisotopic (exact) mass is 646 g/mol. The van der Waals surface area contributed by atoms with Gasteiger partial charge < -0.3 is 10.4 Å². The molecule has 0 aliphatic carbocycles. The lowest BCUT2D eigenvalue weighted by atomic mass is 9.99. The van der Waals surface area contributed by atoms with E-state index in [1.807, 2.05) is 0 Å². The van der Waals surface area contributed by atoms with Crippen LogP contribution in [0.1, 0.15) is 21.5 Å². The number of sulfone groups is 1. The number of para-hydroxylation sites is 2. The number of carbonyl (C=O) groups is 1. The molecule has 43 heavy (non-hydrogen) atoms. The summed E-state index contributed by atoms with van der Waals surface area (Å²) in [5, 5.41) is 6.90. The zero-order chi connectivity index (χ0) is 32.0. The van der Waals surface area contributed by atoms with Gasteiger partial charge in [-0.25, -0.2) is 8.42 Å². The molecular formula is C28H18ClF7N2O4S. The van der Waals surface area contributed by atoms with E-state index in [9.17, 15) is 49.1 Å². The number of phenols is 1. The summed E-state index contributed by atoms with van der Waals surface area (Å²) in [6, 6.07) is 16.2. The van der Waals surface area contributed by atoms with Crippen molar-refractivity contribution in [2.45, 2.75) is 29.2 Å². The third-order valence-corrected chi connectivity index (χ3v) is 8.46. The predicted molar refractivity (Wildman–Crippen MR) is 147 cm³/mol. The molecule has 0 aromatic heterocycles. The zero-order valence-corrected chi connectivity index (χ0v) is 23.1. The molecule has 226 valence electrons. The van der Waals surface area contributed by atoms with E-state index in [1.54, 1.807) is 43.3 Å². The molecule has 0 unspecified atom stereocenters. The number of anilines is 1. The number of fused-ring (bicyclic) bond motifs is 1. The van der Waals surface area contributed by atoms with Crippen molar-refractivity contribution in [3.05, 3.63) is 94.5 Å². The van der Waals surface area contributed by atoms with Gasteiger partial charge in [0.15, 0.2) is 0 Å². The molecule has 0 aliphatic heterocycles. The highest BCUT2D eigenvalue weighted by Gasteiger charge is 2.78. The van der Waals surface area contributed by atoms with E-state index in [0.29, 0.717) is 22.7 Å². The van der Waals surface area contributed by atoms with Gasteiger partial charge in [-0.2, -0.15) is 30.7 Å². The molecule has 0 saturated carbocycles. The summed E-state index contributed by atoms with van der Waals surface area (Å²) >= 11 is 5.94. The Balaban J connectivity index is 1.87. The Kier molecular flexibility index (Phi) is 8.24. The van der Waals surface area contributed by atoms with Gasteiger partial charge in [0.2, 0.25) is 0 Å². The van der Waals surface area contributed by atoms with Crippen molar-refractivity contribution in [3.8, 4) is 5.75 Å². The van der Waals surface area contributed by atoms with Gasteiger partial charge in [0, 0.05) is 17.5 Å². The van der Waals surface area contributed by atoms with Gasteiger partial charge in [-0.15, -0.1) is 0 Å². The normalized spacial score (nSPS) is 13.0. The van der Waals surface area contributed by atoms with Gasteiger partial charge in [0.1, 0.15) is 16.3 Å². The third kappa shape index (κ3) is 5.52. The molecule has 0 spiro atoms. The molecule has 6 nitrogen and oxygen atoms in total. The van der Waals surface area contributed by atoms with Crippen molar-refractivity contribution in [2.75, 3.05) is 5.32 Å². The highest BCUT2D eigenvalue weighted by atomic mass is 35.5. The molecule has 0 fully saturated rings. The Hall–Kier alpha value is -4.17. The third-order valence-electron chi connectivity index (χ3n) is 6.32. The van der Waals surface area contributed by atoms with E-state index >= 15 is 0 Å². The number of aliphatic imine (C=N–C) groups is 1. The van der Waals surface area contributed by atoms with E-state index in [-0.39, 0.29) is 16.5 Å². The Morgan fingerprint density at radius 1 is 0.930 bits per heavy atom. The number of hydrogen-bond acceptors (Lipinski definition) is 5. The first kappa shape index (κ1) is 31.8. The van der Waals surface area contributed by atoms with Crippen LogP contribution in [0.4, 0.5) is 42.1 Å². The minimum Gasteiger partial charge on any atom is -0.506 e. The van der Waals surface area contributed by atoms with Crippen LogP contribution in [0, 0.1) is 6.92 Å². The van der Waals surface area contributed by atoms with Crippen LogP contribution < -0.4 is 5.32 Å². The minimum absolute atomic E-state index is 0.224. The fourth-order valence-corrected chi connectivity index (χ4v) is 5.69. The van der Waals surface area contributed by atoms with Gasteiger partial charge in [-0.1, -0.05) is 60.1 Å². The molecule has 0 saturated heterocycles. The van der Waals surface area contributed by atoms with Crippen molar-refractivity contribution < 1.29 is 49.1 Å². The Morgan fingerprint density at radius 2 is 1.56 bits per heavy atom. The molecule has 0 aliphatic rings. The highest BCUT2D eigenvalue weighted by Crippen LogP contribution is 2.52. The molecular weight excluding hydrogens is 629 g/mol. The van der Waals surface area contributed by atoms with E-state index in [4.69, 9.17) is 11.6 Å². The maximum atomic E-state index is 14.4. The first-order valence-electron chi connectivity index (χ1n) is 11.9. The first-order valence-corrected chi connectivity index (χ1v) is 13.8. The minimum atomic E-state index is -6.98. The van der Waals surface area contributed by atoms with E-state index in [1.165, 1.54) is 18.2 Å². The van der Waals surface area contributed by atoms with Gasteiger partial charge in [-0.05, 0) is 47.5 Å². The van der Waals surface area contributed by atoms with Crippen molar-refractivity contribution >= 4 is 55.7 Å². The molecule has 15 heteroatoms. The zero-order valence-electron chi connectivity index (χ0n) is 21.6. The van der Waals surface area contributed by atoms with Crippen molar-refractivity contribution in [1.82, 2.24) is 0 Å². The summed E-state index contributed by atoms with van der Waals surface area (Å²) in [6.45, 7) is 1.72. The fourth-order valence-electron chi connectivity index (χ4n) is 4.01. The predicted octanol–water partition coefficient (Wildman–Crippen LogP) is 8.07. The molecule has 4 rings (SSSR count). The lowest BCUT2D eigenvalue weighted by molar-refractivity contribution is -0.332. The van der Waals surface area contributed by atoms with Crippen molar-refractivity contribution in [1.29, 1.82) is 0 Å². The molecule has 0 bridgehead atoms. The molecule has 0 heterocycles. The molecule has 1 amide bonds. The quantitative estimate of drug-likeness (QED) is 0.157. The average molecular weight is 647 g/mol. The number of rotatable bonds is 7. The van der Waals surface area contributed by atoms with Gasteiger partial charge >= 0.3 is 17.4 Å². The number of aromatic hydroxyl groups is 1. The smallest absolute Gasteiger partial charge is 0.461 e. The lowest BCUT2D eigenvalue weighted by Gasteiger charge is -2.28. The molecule has 2 N–H and O–H groups in total. The Labute approximate surface area is 244 Å². The van der Waals surface area contributed by atoms with Crippen LogP contribution >= 0.6 is 11.6 Å². The van der Waals surface area contributed by atoms with Gasteiger partial charge in [-0.3, -0.25) is 9.79 Å². The second kappa shape index (κ2) is 11.2. The van der Waals surface area contributed by atoms with Crippen molar-refractivity contribution in [3.63, 3.8) is 0 Å². The van der Waals surface area contributed by atoms with E-state index < -0.39 is 54.5 Å². The summed E-state index contributed by atoms with van der Waals surface area (Å²) in [4.78, 5) is 15.1. The van der Waals surface area contributed by atoms with Crippen LogP contribution in [0.15, 0.2) is 82.7 Å². The summed E-state index contributed by atoms with van der Waals surface area (Å²) < 4.78 is 120. The number of halogens is 8. The second-order valence-electron chi connectivity index (χ2n) is 9.11. The van der Waals surface area contributed by atoms with E-state index in [0.717, 1.165) is 18.3 Å². The number of phenolic OH excluding ortho intramolecular Hbond substituents is 1. The van der Waals surface area contributed by atoms with Gasteiger partial charge in [0.05, 0.1) is 10.6 Å². The SMILES string of the molecule is Cc1ccccc1NC(=O)c1cc2ccccc2c(C=Nc2c(Cl)cccc2S(=O)(=O)C(F)(F)C(F)(F)C(F)(F)F)c1O. The summed E-state index contributed by atoms with van der Waals surface area (Å²) in [7, 11) is -6.78. The highest BCUT2D eigenvalue weighted by molar-refractivity contribution is 7.92. The molecule has 0 atom stereocenters. The largest absolute Gasteiger partial charge is 0.506 e. The lowest BCUT2D eigenvalue weighted by Crippen LogP contribution is -2.55. The topological polar surface area (TPSA) is 95.8 Å². The van der Waals surface area contributed by atoms with E-state index in [2.05, 4.69) is 10.3 Å². The van der Waals surface area contributed by atoms with Crippen LogP contribution in [0.3, 0.4) is 0 Å². The maximum Gasteiger partial charge on any atom is 0.461 e. The number of aryl methyl sites for hydroxylation is 1. The van der Waals surface area contributed by atoms with Crippen LogP contribution in [-0.2, 0) is 9.84 Å². The summed E-state index contributed by atoms with van der Waals surface area (Å²) in [5.41, 5.74) is -0.536. The fraction of sp³-hybridized carbons (Fsp3) is 0.143. The van der Waals surface area contributed by atoms with Crippen LogP contribution in [0.25, 0.3) is 10.8 Å². The molecule has 4 aromatic rings. The summed E-state index contributed by atoms with van der Waals surface area (Å²) in [6.07, 6.45) is -6.20. The number of benzene rings is 4. The molecule has 4 aromatic carbocycles.